The van der Waals surface area contributed by atoms with Gasteiger partial charge in [0, 0.05) is 0 Å². The molecular formula is C18H18O4. The van der Waals surface area contributed by atoms with Gasteiger partial charge in [-0.05, 0) is 25.0 Å². The molecule has 0 aliphatic carbocycles. The fourth-order valence-electron chi connectivity index (χ4n) is 2.11. The van der Waals surface area contributed by atoms with Gasteiger partial charge in [0.1, 0.15) is 5.92 Å². The summed E-state index contributed by atoms with van der Waals surface area (Å²) >= 11 is 0. The predicted octanol–water partition coefficient (Wildman–Crippen LogP) is 3.22. The maximum Gasteiger partial charge on any atom is 0.347 e. The third kappa shape index (κ3) is 3.52. The summed E-state index contributed by atoms with van der Waals surface area (Å²) in [6.07, 6.45) is 0. The van der Waals surface area contributed by atoms with E-state index in [4.69, 9.17) is 9.84 Å². The van der Waals surface area contributed by atoms with E-state index < -0.39 is 23.5 Å². The molecular weight excluding hydrogens is 280 g/mol. The van der Waals surface area contributed by atoms with E-state index in [9.17, 15) is 9.59 Å². The Kier molecular flexibility index (Phi) is 4.61. The number of carboxylic acids is 1. The molecule has 0 saturated heterocycles. The van der Waals surface area contributed by atoms with Gasteiger partial charge in [0.15, 0.2) is 0 Å². The van der Waals surface area contributed by atoms with Crippen molar-refractivity contribution in [1.29, 1.82) is 0 Å². The van der Waals surface area contributed by atoms with Crippen LogP contribution in [0.5, 0.6) is 0 Å². The summed E-state index contributed by atoms with van der Waals surface area (Å²) in [6.45, 7) is 2.72. The normalized spacial score (nSPS) is 11.2. The highest BCUT2D eigenvalue weighted by molar-refractivity contribution is 5.86. The highest BCUT2D eigenvalue weighted by atomic mass is 16.6. The molecule has 114 valence electrons. The minimum atomic E-state index is -1.57. The third-order valence-corrected chi connectivity index (χ3v) is 3.37. The molecule has 0 saturated carbocycles. The average molecular weight is 298 g/mol. The first kappa shape index (κ1) is 15.8. The molecule has 22 heavy (non-hydrogen) atoms. The van der Waals surface area contributed by atoms with Gasteiger partial charge in [-0.15, -0.1) is 0 Å². The fourth-order valence-corrected chi connectivity index (χ4v) is 2.11. The highest BCUT2D eigenvalue weighted by Gasteiger charge is 2.35. The summed E-state index contributed by atoms with van der Waals surface area (Å²) in [5.41, 5.74) is -0.0430. The van der Waals surface area contributed by atoms with Crippen molar-refractivity contribution in [3.63, 3.8) is 0 Å². The minimum Gasteiger partial charge on any atom is -0.478 e. The van der Waals surface area contributed by atoms with Crippen LogP contribution in [0.3, 0.4) is 0 Å². The molecule has 0 aromatic heterocycles. The first-order chi connectivity index (χ1) is 10.4. The Bertz CT molecular complexity index is 608. The van der Waals surface area contributed by atoms with Crippen LogP contribution in [0.2, 0.25) is 0 Å². The van der Waals surface area contributed by atoms with Gasteiger partial charge >= 0.3 is 11.9 Å². The van der Waals surface area contributed by atoms with Gasteiger partial charge in [-0.1, -0.05) is 60.7 Å². The number of hydrogen-bond acceptors (Lipinski definition) is 3. The molecule has 0 radical (unpaired) electrons. The quantitative estimate of drug-likeness (QED) is 0.861. The van der Waals surface area contributed by atoms with E-state index in [0.29, 0.717) is 0 Å². The van der Waals surface area contributed by atoms with Gasteiger partial charge in [0.05, 0.1) is 0 Å². The maximum absolute atomic E-state index is 12.6. The Balaban J connectivity index is 2.38. The van der Waals surface area contributed by atoms with Crippen molar-refractivity contribution >= 4 is 11.9 Å². The number of hydrogen-bond donors (Lipinski definition) is 1. The molecule has 0 amide bonds. The summed E-state index contributed by atoms with van der Waals surface area (Å²) in [5, 5.41) is 9.14. The summed E-state index contributed by atoms with van der Waals surface area (Å²) in [6, 6.07) is 18.4. The standard InChI is InChI=1S/C18H18O4/c1-18(2,17(20)21)22-16(19)15(13-9-5-3-6-10-13)14-11-7-4-8-12-14/h3-12,15H,1-2H3,(H,20,21). The zero-order valence-electron chi connectivity index (χ0n) is 12.5. The first-order valence-electron chi connectivity index (χ1n) is 6.98. The molecule has 4 nitrogen and oxygen atoms in total. The van der Waals surface area contributed by atoms with Crippen LogP contribution in [0.4, 0.5) is 0 Å². The Morgan fingerprint density at radius 1 is 0.909 bits per heavy atom. The van der Waals surface area contributed by atoms with E-state index in [1.165, 1.54) is 13.8 Å². The minimum absolute atomic E-state index is 0.579. The van der Waals surface area contributed by atoms with Gasteiger partial charge < -0.3 is 9.84 Å². The van der Waals surface area contributed by atoms with Crippen LogP contribution in [-0.4, -0.2) is 22.6 Å². The van der Waals surface area contributed by atoms with Crippen LogP contribution in [0.25, 0.3) is 0 Å². The van der Waals surface area contributed by atoms with Gasteiger partial charge in [-0.2, -0.15) is 0 Å². The molecule has 2 aromatic carbocycles. The van der Waals surface area contributed by atoms with Crippen molar-refractivity contribution in [2.45, 2.75) is 25.4 Å². The molecule has 2 rings (SSSR count). The van der Waals surface area contributed by atoms with E-state index in [1.807, 2.05) is 60.7 Å². The smallest absolute Gasteiger partial charge is 0.347 e. The van der Waals surface area contributed by atoms with Gasteiger partial charge in [-0.25, -0.2) is 4.79 Å². The van der Waals surface area contributed by atoms with Crippen molar-refractivity contribution in [3.05, 3.63) is 71.8 Å². The predicted molar refractivity (Wildman–Crippen MR) is 82.5 cm³/mol. The van der Waals surface area contributed by atoms with Crippen molar-refractivity contribution in [1.82, 2.24) is 0 Å². The van der Waals surface area contributed by atoms with Crippen molar-refractivity contribution in [3.8, 4) is 0 Å². The highest BCUT2D eigenvalue weighted by Crippen LogP contribution is 2.28. The number of carboxylic acid groups (broad SMARTS) is 1. The zero-order chi connectivity index (χ0) is 16.2. The Labute approximate surface area is 129 Å². The molecule has 0 heterocycles. The van der Waals surface area contributed by atoms with Gasteiger partial charge in [0.25, 0.3) is 0 Å². The number of rotatable bonds is 5. The summed E-state index contributed by atoms with van der Waals surface area (Å²) in [5.74, 6) is -2.41. The molecule has 2 aromatic rings. The monoisotopic (exact) mass is 298 g/mol. The largest absolute Gasteiger partial charge is 0.478 e. The summed E-state index contributed by atoms with van der Waals surface area (Å²) in [4.78, 5) is 23.8. The van der Waals surface area contributed by atoms with E-state index >= 15 is 0 Å². The van der Waals surface area contributed by atoms with E-state index in [2.05, 4.69) is 0 Å². The second kappa shape index (κ2) is 6.43. The molecule has 0 fully saturated rings. The SMILES string of the molecule is CC(C)(OC(=O)C(c1ccccc1)c1ccccc1)C(=O)O. The van der Waals surface area contributed by atoms with Crippen LogP contribution in [0, 0.1) is 0 Å². The lowest BCUT2D eigenvalue weighted by molar-refractivity contribution is -0.174. The number of aliphatic carboxylic acids is 1. The Hall–Kier alpha value is -2.62. The van der Waals surface area contributed by atoms with Crippen molar-refractivity contribution in [2.75, 3.05) is 0 Å². The average Bonchev–Trinajstić information content (AvgIpc) is 2.49. The molecule has 0 aliphatic heterocycles. The lowest BCUT2D eigenvalue weighted by Crippen LogP contribution is -2.38. The fraction of sp³-hybridized carbons (Fsp3) is 0.222. The topological polar surface area (TPSA) is 63.6 Å². The Morgan fingerprint density at radius 2 is 1.32 bits per heavy atom. The number of esters is 1. The number of carbonyl (C=O) groups is 2. The van der Waals surface area contributed by atoms with E-state index in [1.54, 1.807) is 0 Å². The maximum atomic E-state index is 12.6. The molecule has 1 N–H and O–H groups in total. The van der Waals surface area contributed by atoms with Crippen LogP contribution in [0.1, 0.15) is 30.9 Å². The van der Waals surface area contributed by atoms with Crippen LogP contribution in [-0.2, 0) is 14.3 Å². The molecule has 0 aliphatic rings. The lowest BCUT2D eigenvalue weighted by Gasteiger charge is -2.24. The number of carbonyl (C=O) groups excluding carboxylic acids is 1. The summed E-state index contributed by atoms with van der Waals surface area (Å²) < 4.78 is 5.23. The zero-order valence-corrected chi connectivity index (χ0v) is 12.5. The molecule has 4 heteroatoms. The number of ether oxygens (including phenoxy) is 1. The number of benzene rings is 2. The second-order valence-electron chi connectivity index (χ2n) is 5.49. The van der Waals surface area contributed by atoms with Crippen molar-refractivity contribution < 1.29 is 19.4 Å². The molecule has 0 spiro atoms. The van der Waals surface area contributed by atoms with Crippen molar-refractivity contribution in [2.24, 2.45) is 0 Å². The van der Waals surface area contributed by atoms with Crippen LogP contribution >= 0.6 is 0 Å². The molecule has 0 bridgehead atoms. The Morgan fingerprint density at radius 3 is 1.68 bits per heavy atom. The molecule has 0 unspecified atom stereocenters. The van der Waals surface area contributed by atoms with Gasteiger partial charge in [0.2, 0.25) is 5.60 Å². The summed E-state index contributed by atoms with van der Waals surface area (Å²) in [7, 11) is 0. The van der Waals surface area contributed by atoms with Crippen LogP contribution in [0.15, 0.2) is 60.7 Å². The van der Waals surface area contributed by atoms with E-state index in [-0.39, 0.29) is 0 Å². The van der Waals surface area contributed by atoms with E-state index in [0.717, 1.165) is 11.1 Å². The van der Waals surface area contributed by atoms with Gasteiger partial charge in [-0.3, -0.25) is 4.79 Å². The molecule has 0 atom stereocenters. The first-order valence-corrected chi connectivity index (χ1v) is 6.98. The third-order valence-electron chi connectivity index (χ3n) is 3.37. The second-order valence-corrected chi connectivity index (χ2v) is 5.49. The lowest BCUT2D eigenvalue weighted by atomic mass is 9.91. The van der Waals surface area contributed by atoms with Crippen LogP contribution < -0.4 is 0 Å².